The van der Waals surface area contributed by atoms with Gasteiger partial charge < -0.3 is 15.2 Å². The van der Waals surface area contributed by atoms with Crippen molar-refractivity contribution in [2.45, 2.75) is 45.0 Å². The average Bonchev–Trinajstić information content (AvgIpc) is 2.44. The van der Waals surface area contributed by atoms with E-state index in [2.05, 4.69) is 5.32 Å². The highest BCUT2D eigenvalue weighted by Crippen LogP contribution is 2.36. The van der Waals surface area contributed by atoms with Crippen LogP contribution in [0.15, 0.2) is 24.3 Å². The molecule has 7 heteroatoms. The molecule has 1 aromatic carbocycles. The second kappa shape index (κ2) is 8.03. The zero-order chi connectivity index (χ0) is 16.8. The maximum absolute atomic E-state index is 12.8. The van der Waals surface area contributed by atoms with Crippen molar-refractivity contribution >= 4 is 5.91 Å². The molecule has 0 bridgehead atoms. The molecular formula is C15H20F3NO3. The number of amides is 1. The second-order valence-corrected chi connectivity index (χ2v) is 5.03. The predicted molar refractivity (Wildman–Crippen MR) is 75.5 cm³/mol. The minimum atomic E-state index is -4.54. The van der Waals surface area contributed by atoms with Crippen molar-refractivity contribution in [3.05, 3.63) is 29.8 Å². The van der Waals surface area contributed by atoms with E-state index < -0.39 is 23.8 Å². The third-order valence-corrected chi connectivity index (χ3v) is 3.05. The Balaban J connectivity index is 2.69. The number of benzene rings is 1. The van der Waals surface area contributed by atoms with Crippen LogP contribution in [-0.4, -0.2) is 29.8 Å². The fourth-order valence-electron chi connectivity index (χ4n) is 1.88. The van der Waals surface area contributed by atoms with Gasteiger partial charge in [0, 0.05) is 12.6 Å². The lowest BCUT2D eigenvalue weighted by molar-refractivity contribution is -0.140. The Morgan fingerprint density at radius 2 is 1.95 bits per heavy atom. The number of hydrogen-bond acceptors (Lipinski definition) is 3. The number of rotatable bonds is 7. The van der Waals surface area contributed by atoms with Crippen molar-refractivity contribution in [1.29, 1.82) is 0 Å². The highest BCUT2D eigenvalue weighted by molar-refractivity contribution is 5.81. The molecule has 4 nitrogen and oxygen atoms in total. The summed E-state index contributed by atoms with van der Waals surface area (Å²) in [6, 6.07) is 4.57. The topological polar surface area (TPSA) is 58.6 Å². The van der Waals surface area contributed by atoms with Gasteiger partial charge in [0.05, 0.1) is 5.56 Å². The molecule has 1 rings (SSSR count). The van der Waals surface area contributed by atoms with Crippen LogP contribution in [-0.2, 0) is 11.0 Å². The molecular weight excluding hydrogens is 299 g/mol. The van der Waals surface area contributed by atoms with Gasteiger partial charge in [-0.1, -0.05) is 12.1 Å². The summed E-state index contributed by atoms with van der Waals surface area (Å²) in [5.41, 5.74) is -0.914. The number of para-hydroxylation sites is 1. The molecule has 0 radical (unpaired) electrons. The molecule has 0 fully saturated rings. The average molecular weight is 319 g/mol. The van der Waals surface area contributed by atoms with Crippen LogP contribution in [0.1, 0.15) is 32.3 Å². The number of aliphatic hydroxyl groups is 1. The van der Waals surface area contributed by atoms with E-state index >= 15 is 0 Å². The number of hydrogen-bond donors (Lipinski definition) is 2. The van der Waals surface area contributed by atoms with Crippen LogP contribution >= 0.6 is 0 Å². The largest absolute Gasteiger partial charge is 0.480 e. The lowest BCUT2D eigenvalue weighted by Crippen LogP contribution is -2.41. The summed E-state index contributed by atoms with van der Waals surface area (Å²) in [7, 11) is 0. The van der Waals surface area contributed by atoms with Crippen LogP contribution in [0.4, 0.5) is 13.2 Å². The zero-order valence-electron chi connectivity index (χ0n) is 12.5. The number of ether oxygens (including phenoxy) is 1. The Hall–Kier alpha value is -1.76. The van der Waals surface area contributed by atoms with Gasteiger partial charge in [-0.2, -0.15) is 13.2 Å². The summed E-state index contributed by atoms with van der Waals surface area (Å²) < 4.78 is 43.7. The molecule has 22 heavy (non-hydrogen) atoms. The zero-order valence-corrected chi connectivity index (χ0v) is 12.5. The van der Waals surface area contributed by atoms with E-state index in [-0.39, 0.29) is 18.4 Å². The van der Waals surface area contributed by atoms with Crippen LogP contribution in [0.5, 0.6) is 5.75 Å². The normalized spacial score (nSPS) is 14.3. The predicted octanol–water partition coefficient (Wildman–Crippen LogP) is 2.75. The molecule has 0 aliphatic carbocycles. The maximum Gasteiger partial charge on any atom is 0.419 e. The summed E-state index contributed by atoms with van der Waals surface area (Å²) in [6.45, 7) is 3.16. The molecule has 1 amide bonds. The molecule has 2 atom stereocenters. The second-order valence-electron chi connectivity index (χ2n) is 5.03. The number of halogens is 3. The van der Waals surface area contributed by atoms with E-state index in [9.17, 15) is 18.0 Å². The molecule has 0 heterocycles. The Labute approximate surface area is 127 Å². The van der Waals surface area contributed by atoms with Gasteiger partial charge in [0.25, 0.3) is 5.91 Å². The Kier molecular flexibility index (Phi) is 6.67. The molecule has 0 aliphatic heterocycles. The Morgan fingerprint density at radius 3 is 2.55 bits per heavy atom. The van der Waals surface area contributed by atoms with Gasteiger partial charge >= 0.3 is 6.18 Å². The lowest BCUT2D eigenvalue weighted by Gasteiger charge is -2.20. The third kappa shape index (κ3) is 5.55. The Bertz CT molecular complexity index is 491. The standard InChI is InChI=1S/C15H20F3NO3/c1-10(6-5-9-20)19-14(21)11(2)22-13-8-4-3-7-12(13)15(16,17)18/h3-4,7-8,10-11,20H,5-6,9H2,1-2H3,(H,19,21). The summed E-state index contributed by atoms with van der Waals surface area (Å²) in [6.07, 6.45) is -4.48. The summed E-state index contributed by atoms with van der Waals surface area (Å²) in [4.78, 5) is 11.9. The van der Waals surface area contributed by atoms with Gasteiger partial charge in [-0.25, -0.2) is 0 Å². The third-order valence-electron chi connectivity index (χ3n) is 3.05. The summed E-state index contributed by atoms with van der Waals surface area (Å²) in [5.74, 6) is -0.872. The van der Waals surface area contributed by atoms with E-state index in [1.807, 2.05) is 0 Å². The number of carbonyl (C=O) groups is 1. The van der Waals surface area contributed by atoms with Gasteiger partial charge in [-0.3, -0.25) is 4.79 Å². The van der Waals surface area contributed by atoms with E-state index in [1.54, 1.807) is 6.92 Å². The molecule has 0 spiro atoms. The number of carbonyl (C=O) groups excluding carboxylic acids is 1. The summed E-state index contributed by atoms with van der Waals surface area (Å²) in [5, 5.41) is 11.4. The molecule has 0 aliphatic rings. The van der Waals surface area contributed by atoms with Crippen molar-refractivity contribution < 1.29 is 27.8 Å². The van der Waals surface area contributed by atoms with Gasteiger partial charge in [-0.15, -0.1) is 0 Å². The molecule has 0 aromatic heterocycles. The van der Waals surface area contributed by atoms with Gasteiger partial charge in [0.2, 0.25) is 0 Å². The van der Waals surface area contributed by atoms with Crippen molar-refractivity contribution in [2.24, 2.45) is 0 Å². The quantitative estimate of drug-likeness (QED) is 0.812. The van der Waals surface area contributed by atoms with Gasteiger partial charge in [-0.05, 0) is 38.8 Å². The first-order valence-corrected chi connectivity index (χ1v) is 6.99. The van der Waals surface area contributed by atoms with E-state index in [0.29, 0.717) is 12.8 Å². The van der Waals surface area contributed by atoms with E-state index in [0.717, 1.165) is 6.07 Å². The van der Waals surface area contributed by atoms with Crippen molar-refractivity contribution in [3.8, 4) is 5.75 Å². The number of alkyl halides is 3. The van der Waals surface area contributed by atoms with E-state index in [1.165, 1.54) is 25.1 Å². The highest BCUT2D eigenvalue weighted by Gasteiger charge is 2.34. The maximum atomic E-state index is 12.8. The van der Waals surface area contributed by atoms with Gasteiger partial charge in [0.1, 0.15) is 5.75 Å². The first-order chi connectivity index (χ1) is 10.3. The van der Waals surface area contributed by atoms with Crippen molar-refractivity contribution in [3.63, 3.8) is 0 Å². The van der Waals surface area contributed by atoms with Crippen LogP contribution in [0.25, 0.3) is 0 Å². The lowest BCUT2D eigenvalue weighted by atomic mass is 10.1. The smallest absolute Gasteiger partial charge is 0.419 e. The van der Waals surface area contributed by atoms with Crippen molar-refractivity contribution in [2.75, 3.05) is 6.61 Å². The molecule has 0 saturated heterocycles. The summed E-state index contributed by atoms with van der Waals surface area (Å²) >= 11 is 0. The van der Waals surface area contributed by atoms with Gasteiger partial charge in [0.15, 0.2) is 6.10 Å². The van der Waals surface area contributed by atoms with Crippen LogP contribution < -0.4 is 10.1 Å². The fourth-order valence-corrected chi connectivity index (χ4v) is 1.88. The minimum Gasteiger partial charge on any atom is -0.480 e. The van der Waals surface area contributed by atoms with Crippen molar-refractivity contribution in [1.82, 2.24) is 5.32 Å². The minimum absolute atomic E-state index is 0.0191. The first kappa shape index (κ1) is 18.3. The molecule has 1 aromatic rings. The molecule has 2 N–H and O–H groups in total. The van der Waals surface area contributed by atoms with Crippen LogP contribution in [0.3, 0.4) is 0 Å². The fraction of sp³-hybridized carbons (Fsp3) is 0.533. The SMILES string of the molecule is CC(CCCO)NC(=O)C(C)Oc1ccccc1C(F)(F)F. The first-order valence-electron chi connectivity index (χ1n) is 6.99. The number of nitrogens with one attached hydrogen (secondary N) is 1. The number of aliphatic hydroxyl groups excluding tert-OH is 1. The monoisotopic (exact) mass is 319 g/mol. The Morgan fingerprint density at radius 1 is 1.32 bits per heavy atom. The van der Waals surface area contributed by atoms with E-state index in [4.69, 9.17) is 9.84 Å². The van der Waals surface area contributed by atoms with Crippen LogP contribution in [0, 0.1) is 0 Å². The van der Waals surface area contributed by atoms with Crippen LogP contribution in [0.2, 0.25) is 0 Å². The molecule has 0 saturated carbocycles. The molecule has 2 unspecified atom stereocenters. The highest BCUT2D eigenvalue weighted by atomic mass is 19.4. The molecule has 124 valence electrons.